The molecule has 0 bridgehead atoms. The summed E-state index contributed by atoms with van der Waals surface area (Å²) in [4.78, 5) is 24.2. The molecule has 174 valence electrons. The summed E-state index contributed by atoms with van der Waals surface area (Å²) in [6, 6.07) is 12.0. The largest absolute Gasteiger partial charge is 0.497 e. The molecule has 7 nitrogen and oxygen atoms in total. The van der Waals surface area contributed by atoms with Crippen LogP contribution in [-0.2, 0) is 22.2 Å². The maximum absolute atomic E-state index is 12.6. The van der Waals surface area contributed by atoms with E-state index in [0.29, 0.717) is 18.5 Å². The number of ether oxygens (including phenoxy) is 1. The number of amides is 2. The SMILES string of the molecule is COc1ccc(CCNC(=O)CC2S/C(=N\N=C\c3ccc(C(F)(F)F)cc3)NC2=O)cc1. The number of benzene rings is 2. The van der Waals surface area contributed by atoms with E-state index in [1.807, 2.05) is 24.3 Å². The number of hydrogen-bond acceptors (Lipinski definition) is 6. The lowest BCUT2D eigenvalue weighted by atomic mass is 10.1. The Bertz CT molecular complexity index is 1040. The summed E-state index contributed by atoms with van der Waals surface area (Å²) >= 11 is 1.07. The van der Waals surface area contributed by atoms with Crippen LogP contribution in [0.25, 0.3) is 0 Å². The Balaban J connectivity index is 1.44. The molecule has 1 heterocycles. The first-order chi connectivity index (χ1) is 15.7. The minimum atomic E-state index is -4.41. The van der Waals surface area contributed by atoms with E-state index in [0.717, 1.165) is 35.2 Å². The van der Waals surface area contributed by atoms with E-state index >= 15 is 0 Å². The first kappa shape index (κ1) is 24.3. The monoisotopic (exact) mass is 478 g/mol. The highest BCUT2D eigenvalue weighted by molar-refractivity contribution is 8.15. The minimum absolute atomic E-state index is 0.0131. The molecular weight excluding hydrogens is 457 g/mol. The van der Waals surface area contributed by atoms with Gasteiger partial charge in [0.25, 0.3) is 0 Å². The van der Waals surface area contributed by atoms with E-state index in [-0.39, 0.29) is 23.4 Å². The van der Waals surface area contributed by atoms with Gasteiger partial charge in [0.2, 0.25) is 11.8 Å². The maximum Gasteiger partial charge on any atom is 0.416 e. The summed E-state index contributed by atoms with van der Waals surface area (Å²) in [6.45, 7) is 0.433. The van der Waals surface area contributed by atoms with Gasteiger partial charge in [-0.25, -0.2) is 0 Å². The maximum atomic E-state index is 12.6. The minimum Gasteiger partial charge on any atom is -0.497 e. The van der Waals surface area contributed by atoms with Crippen molar-refractivity contribution in [3.8, 4) is 5.75 Å². The van der Waals surface area contributed by atoms with Crippen molar-refractivity contribution < 1.29 is 27.5 Å². The Labute approximate surface area is 192 Å². The Morgan fingerprint density at radius 1 is 1.18 bits per heavy atom. The number of thioether (sulfide) groups is 1. The molecule has 2 amide bonds. The summed E-state index contributed by atoms with van der Waals surface area (Å²) in [5, 5.41) is 12.6. The van der Waals surface area contributed by atoms with Crippen molar-refractivity contribution in [2.75, 3.05) is 13.7 Å². The molecule has 33 heavy (non-hydrogen) atoms. The zero-order chi connectivity index (χ0) is 23.8. The highest BCUT2D eigenvalue weighted by Crippen LogP contribution is 2.29. The lowest BCUT2D eigenvalue weighted by Gasteiger charge is -2.08. The first-order valence-electron chi connectivity index (χ1n) is 9.90. The van der Waals surface area contributed by atoms with Crippen molar-refractivity contribution in [3.63, 3.8) is 0 Å². The van der Waals surface area contributed by atoms with Crippen molar-refractivity contribution in [1.82, 2.24) is 10.6 Å². The van der Waals surface area contributed by atoms with Gasteiger partial charge in [0, 0.05) is 13.0 Å². The Morgan fingerprint density at radius 2 is 1.88 bits per heavy atom. The number of hydrogen-bond donors (Lipinski definition) is 2. The van der Waals surface area contributed by atoms with E-state index in [2.05, 4.69) is 20.8 Å². The normalized spacial score (nSPS) is 17.4. The summed E-state index contributed by atoms with van der Waals surface area (Å²) in [5.41, 5.74) is 0.716. The molecule has 1 unspecified atom stereocenters. The van der Waals surface area contributed by atoms with Gasteiger partial charge in [-0.3, -0.25) is 9.59 Å². The standard InChI is InChI=1S/C22H21F3N4O3S/c1-32-17-8-4-14(5-9-17)10-11-26-19(30)12-18-20(31)28-21(33-18)29-27-13-15-2-6-16(7-3-15)22(23,24)25/h2-9,13,18H,10-12H2,1H3,(H,26,30)(H,28,29,31)/b27-13+. The number of amidine groups is 1. The lowest BCUT2D eigenvalue weighted by Crippen LogP contribution is -2.32. The number of nitrogens with zero attached hydrogens (tertiary/aromatic N) is 2. The van der Waals surface area contributed by atoms with Crippen molar-refractivity contribution in [1.29, 1.82) is 0 Å². The third kappa shape index (κ3) is 7.35. The van der Waals surface area contributed by atoms with Crippen molar-refractivity contribution >= 4 is 35.0 Å². The predicted octanol–water partition coefficient (Wildman–Crippen LogP) is 3.38. The van der Waals surface area contributed by atoms with Gasteiger partial charge in [-0.15, -0.1) is 5.10 Å². The second kappa shape index (κ2) is 11.0. The molecule has 0 aliphatic carbocycles. The molecule has 1 aliphatic heterocycles. The molecule has 1 atom stereocenters. The van der Waals surface area contributed by atoms with Gasteiger partial charge >= 0.3 is 6.18 Å². The number of methoxy groups -OCH3 is 1. The fraction of sp³-hybridized carbons (Fsp3) is 0.273. The van der Waals surface area contributed by atoms with Crippen LogP contribution >= 0.6 is 11.8 Å². The smallest absolute Gasteiger partial charge is 0.416 e. The van der Waals surface area contributed by atoms with Gasteiger partial charge in [0.15, 0.2) is 5.17 Å². The van der Waals surface area contributed by atoms with Crippen LogP contribution in [0.5, 0.6) is 5.75 Å². The Kier molecular flexibility index (Phi) is 8.10. The molecule has 1 fully saturated rings. The van der Waals surface area contributed by atoms with Gasteiger partial charge in [-0.1, -0.05) is 36.0 Å². The zero-order valence-corrected chi connectivity index (χ0v) is 18.4. The van der Waals surface area contributed by atoms with Crippen LogP contribution in [0.4, 0.5) is 13.2 Å². The number of halogens is 3. The van der Waals surface area contributed by atoms with Crippen molar-refractivity contribution in [2.24, 2.45) is 10.2 Å². The van der Waals surface area contributed by atoms with Crippen LogP contribution in [0, 0.1) is 0 Å². The van der Waals surface area contributed by atoms with Crippen LogP contribution in [-0.4, -0.2) is 42.1 Å². The van der Waals surface area contributed by atoms with Crippen molar-refractivity contribution in [2.45, 2.75) is 24.3 Å². The molecule has 0 saturated carbocycles. The molecule has 1 saturated heterocycles. The van der Waals surface area contributed by atoms with Gasteiger partial charge in [-0.2, -0.15) is 18.3 Å². The summed E-state index contributed by atoms with van der Waals surface area (Å²) < 4.78 is 42.8. The topological polar surface area (TPSA) is 92.2 Å². The van der Waals surface area contributed by atoms with Gasteiger partial charge in [-0.05, 0) is 41.8 Å². The van der Waals surface area contributed by atoms with Crippen LogP contribution in [0.1, 0.15) is 23.1 Å². The first-order valence-corrected chi connectivity index (χ1v) is 10.8. The third-order valence-electron chi connectivity index (χ3n) is 4.64. The molecule has 0 radical (unpaired) electrons. The Hall–Kier alpha value is -3.34. The molecular formula is C22H21F3N4O3S. The summed E-state index contributed by atoms with van der Waals surface area (Å²) in [5.74, 6) is 0.146. The number of carbonyl (C=O) groups excluding carboxylic acids is 2. The van der Waals surface area contributed by atoms with Gasteiger partial charge in [0.05, 0.1) is 18.9 Å². The van der Waals surface area contributed by atoms with Crippen LogP contribution in [0.3, 0.4) is 0 Å². The Morgan fingerprint density at radius 3 is 2.52 bits per heavy atom. The summed E-state index contributed by atoms with van der Waals surface area (Å²) in [6.07, 6.45) is -2.50. The second-order valence-corrected chi connectivity index (χ2v) is 8.21. The average Bonchev–Trinajstić information content (AvgIpc) is 3.12. The zero-order valence-electron chi connectivity index (χ0n) is 17.6. The molecule has 2 aromatic carbocycles. The predicted molar refractivity (Wildman–Crippen MR) is 120 cm³/mol. The van der Waals surface area contributed by atoms with E-state index in [4.69, 9.17) is 4.74 Å². The average molecular weight is 478 g/mol. The second-order valence-electron chi connectivity index (χ2n) is 7.02. The number of rotatable bonds is 8. The third-order valence-corrected chi connectivity index (χ3v) is 5.71. The molecule has 0 spiro atoms. The van der Waals surface area contributed by atoms with Crippen LogP contribution < -0.4 is 15.4 Å². The fourth-order valence-corrected chi connectivity index (χ4v) is 3.80. The number of alkyl halides is 3. The molecule has 2 aromatic rings. The van der Waals surface area contributed by atoms with E-state index < -0.39 is 17.0 Å². The quantitative estimate of drug-likeness (QED) is 0.450. The van der Waals surface area contributed by atoms with Crippen LogP contribution in [0.2, 0.25) is 0 Å². The summed E-state index contributed by atoms with van der Waals surface area (Å²) in [7, 11) is 1.59. The lowest BCUT2D eigenvalue weighted by molar-refractivity contribution is -0.137. The number of nitrogens with one attached hydrogen (secondary N) is 2. The van der Waals surface area contributed by atoms with Crippen LogP contribution in [0.15, 0.2) is 58.7 Å². The molecule has 0 aromatic heterocycles. The van der Waals surface area contributed by atoms with Gasteiger partial charge in [0.1, 0.15) is 11.0 Å². The molecule has 3 rings (SSSR count). The molecule has 1 aliphatic rings. The highest BCUT2D eigenvalue weighted by Gasteiger charge is 2.32. The highest BCUT2D eigenvalue weighted by atomic mass is 32.2. The van der Waals surface area contributed by atoms with Crippen molar-refractivity contribution in [3.05, 3.63) is 65.2 Å². The number of carbonyl (C=O) groups is 2. The van der Waals surface area contributed by atoms with E-state index in [1.54, 1.807) is 7.11 Å². The van der Waals surface area contributed by atoms with E-state index in [1.165, 1.54) is 18.3 Å². The fourth-order valence-electron chi connectivity index (χ4n) is 2.87. The molecule has 11 heteroatoms. The molecule has 2 N–H and O–H groups in total. The van der Waals surface area contributed by atoms with E-state index in [9.17, 15) is 22.8 Å². The van der Waals surface area contributed by atoms with Gasteiger partial charge < -0.3 is 15.4 Å².